The zero-order valence-corrected chi connectivity index (χ0v) is 15.7. The molecule has 1 N–H and O–H groups in total. The van der Waals surface area contributed by atoms with E-state index >= 15 is 0 Å². The van der Waals surface area contributed by atoms with Crippen molar-refractivity contribution in [1.82, 2.24) is 9.55 Å². The predicted molar refractivity (Wildman–Crippen MR) is 109 cm³/mol. The molecular weight excluding hydrogens is 316 g/mol. The Hall–Kier alpha value is -2.20. The Morgan fingerprint density at radius 2 is 1.88 bits per heavy atom. The molecule has 0 aliphatic heterocycles. The number of aromatic amines is 1. The highest BCUT2D eigenvalue weighted by Gasteiger charge is 2.06. The lowest BCUT2D eigenvalue weighted by atomic mass is 10.2. The summed E-state index contributed by atoms with van der Waals surface area (Å²) in [5, 5.41) is 0.662. The van der Waals surface area contributed by atoms with Gasteiger partial charge < -0.3 is 4.98 Å². The normalized spacial score (nSPS) is 12.4. The number of benzene rings is 1. The van der Waals surface area contributed by atoms with Crippen LogP contribution in [0.15, 0.2) is 65.0 Å². The minimum absolute atomic E-state index is 0. The molecule has 1 aliphatic carbocycles. The van der Waals surface area contributed by atoms with Crippen molar-refractivity contribution in [3.8, 4) is 0 Å². The van der Waals surface area contributed by atoms with Gasteiger partial charge in [-0.3, -0.25) is 9.36 Å². The van der Waals surface area contributed by atoms with Crippen molar-refractivity contribution in [3.05, 3.63) is 75.3 Å². The highest BCUT2D eigenvalue weighted by atomic mass is 32.1. The van der Waals surface area contributed by atoms with E-state index < -0.39 is 0 Å². The van der Waals surface area contributed by atoms with Gasteiger partial charge in [0.05, 0.1) is 17.4 Å². The number of aromatic nitrogens is 2. The van der Waals surface area contributed by atoms with Gasteiger partial charge in [0.15, 0.2) is 4.77 Å². The van der Waals surface area contributed by atoms with Crippen molar-refractivity contribution in [2.75, 3.05) is 0 Å². The van der Waals surface area contributed by atoms with Crippen LogP contribution in [0.3, 0.4) is 0 Å². The monoisotopic (exact) mass is 344 g/mol. The third-order valence-electron chi connectivity index (χ3n) is 3.28. The lowest BCUT2D eigenvalue weighted by Gasteiger charge is -2.08. The summed E-state index contributed by atoms with van der Waals surface area (Å²) in [6, 6.07) is 7.43. The zero-order chi connectivity index (χ0) is 17.9. The molecule has 0 saturated carbocycles. The highest BCUT2D eigenvalue weighted by Crippen LogP contribution is 2.10. The molecule has 0 amide bonds. The minimum Gasteiger partial charge on any atom is -0.332 e. The Kier molecular flexibility index (Phi) is 8.72. The van der Waals surface area contributed by atoms with Crippen LogP contribution in [0, 0.1) is 4.77 Å². The Bertz CT molecular complexity index is 860. The summed E-state index contributed by atoms with van der Waals surface area (Å²) in [5.41, 5.74) is 1.80. The molecule has 130 valence electrons. The summed E-state index contributed by atoms with van der Waals surface area (Å²) in [7, 11) is 0. The summed E-state index contributed by atoms with van der Waals surface area (Å²) < 4.78 is 2.06. The third-order valence-corrected chi connectivity index (χ3v) is 3.60. The molecule has 0 bridgehead atoms. The van der Waals surface area contributed by atoms with Gasteiger partial charge in [0, 0.05) is 1.43 Å². The first kappa shape index (κ1) is 19.8. The highest BCUT2D eigenvalue weighted by molar-refractivity contribution is 7.71. The lowest BCUT2D eigenvalue weighted by molar-refractivity contribution is 0.733. The smallest absolute Gasteiger partial charge is 0.262 e. The van der Waals surface area contributed by atoms with Crippen LogP contribution in [0.2, 0.25) is 0 Å². The van der Waals surface area contributed by atoms with E-state index in [1.54, 1.807) is 4.57 Å². The Morgan fingerprint density at radius 3 is 2.62 bits per heavy atom. The van der Waals surface area contributed by atoms with E-state index in [2.05, 4.69) is 17.1 Å². The molecule has 1 aliphatic rings. The average molecular weight is 345 g/mol. The minimum atomic E-state index is -0.0492. The van der Waals surface area contributed by atoms with Crippen LogP contribution < -0.4 is 5.56 Å². The van der Waals surface area contributed by atoms with E-state index in [4.69, 9.17) is 12.2 Å². The van der Waals surface area contributed by atoms with Gasteiger partial charge in [0.2, 0.25) is 0 Å². The first-order chi connectivity index (χ1) is 11.8. The molecule has 24 heavy (non-hydrogen) atoms. The van der Waals surface area contributed by atoms with Gasteiger partial charge in [0.1, 0.15) is 0 Å². The number of para-hydroxylation sites is 1. The molecule has 0 saturated heterocycles. The van der Waals surface area contributed by atoms with Crippen LogP contribution in [0.25, 0.3) is 10.9 Å². The van der Waals surface area contributed by atoms with Gasteiger partial charge in [-0.05, 0) is 36.3 Å². The maximum atomic E-state index is 12.5. The standard InChI is InChI=1S/C16H14N2OS.2C2H6.H2/c19-15-13-9-5-6-10-14(13)17-16(20)18(15)11-12-7-3-1-2-4-8-12;2*1-2;/h1,3-10H,2,11H2,(H,17,20);2*1-2H3;1H. The van der Waals surface area contributed by atoms with Crippen molar-refractivity contribution in [2.24, 2.45) is 0 Å². The molecule has 0 spiro atoms. The van der Waals surface area contributed by atoms with Crippen LogP contribution >= 0.6 is 12.2 Å². The first-order valence-corrected chi connectivity index (χ1v) is 8.90. The van der Waals surface area contributed by atoms with Gasteiger partial charge in [-0.1, -0.05) is 70.2 Å². The fraction of sp³-hybridized carbons (Fsp3) is 0.300. The van der Waals surface area contributed by atoms with Gasteiger partial charge in [-0.15, -0.1) is 0 Å². The molecule has 3 nitrogen and oxygen atoms in total. The fourth-order valence-corrected chi connectivity index (χ4v) is 2.51. The predicted octanol–water partition coefficient (Wildman–Crippen LogP) is 5.80. The molecule has 4 heteroatoms. The van der Waals surface area contributed by atoms with E-state index in [1.807, 2.05) is 70.2 Å². The maximum absolute atomic E-state index is 12.5. The second-order valence-corrected chi connectivity index (χ2v) is 5.06. The topological polar surface area (TPSA) is 37.8 Å². The van der Waals surface area contributed by atoms with Gasteiger partial charge in [-0.25, -0.2) is 0 Å². The number of hydrogen-bond acceptors (Lipinski definition) is 2. The van der Waals surface area contributed by atoms with Gasteiger partial charge >= 0.3 is 0 Å². The zero-order valence-electron chi connectivity index (χ0n) is 14.9. The molecule has 1 heterocycles. The number of fused-ring (bicyclic) bond motifs is 1. The molecule has 1 aromatic carbocycles. The number of nitrogens with zero attached hydrogens (tertiary/aromatic N) is 1. The van der Waals surface area contributed by atoms with Crippen molar-refractivity contribution in [1.29, 1.82) is 0 Å². The van der Waals surface area contributed by atoms with Crippen molar-refractivity contribution < 1.29 is 1.43 Å². The molecule has 0 fully saturated rings. The van der Waals surface area contributed by atoms with Crippen LogP contribution in [0.4, 0.5) is 0 Å². The summed E-state index contributed by atoms with van der Waals surface area (Å²) >= 11 is 5.31. The van der Waals surface area contributed by atoms with Gasteiger partial charge in [-0.2, -0.15) is 0 Å². The van der Waals surface area contributed by atoms with Crippen LogP contribution in [-0.2, 0) is 6.54 Å². The van der Waals surface area contributed by atoms with Crippen LogP contribution in [0.1, 0.15) is 35.5 Å². The molecular formula is C20H28N2OS. The number of rotatable bonds is 2. The maximum Gasteiger partial charge on any atom is 0.262 e. The second kappa shape index (κ2) is 10.6. The van der Waals surface area contributed by atoms with E-state index in [0.29, 0.717) is 16.7 Å². The average Bonchev–Trinajstić information content (AvgIpc) is 2.91. The Labute approximate surface area is 150 Å². The third kappa shape index (κ3) is 4.90. The van der Waals surface area contributed by atoms with E-state index in [0.717, 1.165) is 17.5 Å². The van der Waals surface area contributed by atoms with Gasteiger partial charge in [0.25, 0.3) is 5.56 Å². The molecule has 0 atom stereocenters. The molecule has 3 rings (SSSR count). The Balaban J connectivity index is 0.00000108. The van der Waals surface area contributed by atoms with Crippen molar-refractivity contribution in [2.45, 2.75) is 40.7 Å². The number of hydrogen-bond donors (Lipinski definition) is 1. The van der Waals surface area contributed by atoms with Crippen LogP contribution in [0.5, 0.6) is 0 Å². The van der Waals surface area contributed by atoms with Crippen molar-refractivity contribution in [3.63, 3.8) is 0 Å². The van der Waals surface area contributed by atoms with E-state index in [1.165, 1.54) is 0 Å². The molecule has 0 unspecified atom stereocenters. The fourth-order valence-electron chi connectivity index (χ4n) is 2.25. The number of H-pyrrole nitrogens is 1. The SMILES string of the molecule is CC.CC.O=c1c2ccccc2[nH]c(=S)n1CC1=CC=CCC=C1.[HH]. The first-order valence-electron chi connectivity index (χ1n) is 8.50. The van der Waals surface area contributed by atoms with Crippen LogP contribution in [-0.4, -0.2) is 9.55 Å². The summed E-state index contributed by atoms with van der Waals surface area (Å²) in [6.07, 6.45) is 11.1. The molecule has 2 aromatic rings. The summed E-state index contributed by atoms with van der Waals surface area (Å²) in [4.78, 5) is 15.6. The van der Waals surface area contributed by atoms with Crippen molar-refractivity contribution >= 4 is 23.1 Å². The molecule has 0 radical (unpaired) electrons. The largest absolute Gasteiger partial charge is 0.332 e. The second-order valence-electron chi connectivity index (χ2n) is 4.67. The van der Waals surface area contributed by atoms with E-state index in [9.17, 15) is 4.79 Å². The molecule has 1 aromatic heterocycles. The van der Waals surface area contributed by atoms with E-state index in [-0.39, 0.29) is 6.99 Å². The summed E-state index contributed by atoms with van der Waals surface area (Å²) in [5.74, 6) is 0. The summed E-state index contributed by atoms with van der Waals surface area (Å²) in [6.45, 7) is 8.49. The lowest BCUT2D eigenvalue weighted by Crippen LogP contribution is -2.22. The number of nitrogens with one attached hydrogen (secondary N) is 1. The number of allylic oxidation sites excluding steroid dienone is 6. The Morgan fingerprint density at radius 1 is 1.17 bits per heavy atom. The quantitative estimate of drug-likeness (QED) is 0.699.